The van der Waals surface area contributed by atoms with Crippen LogP contribution >= 0.6 is 0 Å². The summed E-state index contributed by atoms with van der Waals surface area (Å²) in [5, 5.41) is 2.90. The highest BCUT2D eigenvalue weighted by Crippen LogP contribution is 2.26. The molecule has 1 aromatic rings. The molecule has 120 valence electrons. The van der Waals surface area contributed by atoms with Crippen LogP contribution in [0.2, 0.25) is 0 Å². The van der Waals surface area contributed by atoms with Gasteiger partial charge >= 0.3 is 5.97 Å². The summed E-state index contributed by atoms with van der Waals surface area (Å²) in [7, 11) is 1.34. The molecule has 1 fully saturated rings. The molecule has 0 saturated heterocycles. The van der Waals surface area contributed by atoms with E-state index in [1.165, 1.54) is 7.11 Å². The summed E-state index contributed by atoms with van der Waals surface area (Å²) in [4.78, 5) is 23.8. The maximum atomic E-state index is 12.2. The summed E-state index contributed by atoms with van der Waals surface area (Å²) in [6.07, 6.45) is 4.73. The van der Waals surface area contributed by atoms with Gasteiger partial charge in [-0.25, -0.2) is 4.79 Å². The number of nitrogens with two attached hydrogens (primary N) is 1. The van der Waals surface area contributed by atoms with E-state index in [1.54, 1.807) is 18.2 Å². The van der Waals surface area contributed by atoms with Crippen molar-refractivity contribution in [2.45, 2.75) is 45.1 Å². The Balaban J connectivity index is 2.03. The number of hydrogen-bond donors (Lipinski definition) is 2. The lowest BCUT2D eigenvalue weighted by atomic mass is 9.83. The molecule has 0 heterocycles. The normalized spacial score (nSPS) is 21.2. The van der Waals surface area contributed by atoms with E-state index in [2.05, 4.69) is 5.32 Å². The third kappa shape index (κ3) is 4.07. The van der Waals surface area contributed by atoms with E-state index in [-0.39, 0.29) is 17.9 Å². The number of anilines is 1. The van der Waals surface area contributed by atoms with Crippen LogP contribution in [0.15, 0.2) is 18.2 Å². The van der Waals surface area contributed by atoms with Crippen molar-refractivity contribution in [1.29, 1.82) is 0 Å². The average molecular weight is 304 g/mol. The van der Waals surface area contributed by atoms with Crippen LogP contribution in [0.3, 0.4) is 0 Å². The number of rotatable bonds is 4. The molecule has 2 atom stereocenters. The van der Waals surface area contributed by atoms with Crippen molar-refractivity contribution in [3.8, 4) is 0 Å². The molecule has 2 rings (SSSR count). The Morgan fingerprint density at radius 2 is 2.05 bits per heavy atom. The fourth-order valence-corrected chi connectivity index (χ4v) is 2.93. The van der Waals surface area contributed by atoms with Gasteiger partial charge in [0.25, 0.3) is 0 Å². The monoisotopic (exact) mass is 304 g/mol. The first-order valence-corrected chi connectivity index (χ1v) is 7.75. The van der Waals surface area contributed by atoms with E-state index in [9.17, 15) is 9.59 Å². The van der Waals surface area contributed by atoms with Gasteiger partial charge in [0.15, 0.2) is 0 Å². The fourth-order valence-electron chi connectivity index (χ4n) is 2.93. The van der Waals surface area contributed by atoms with E-state index in [0.29, 0.717) is 17.7 Å². The molecule has 2 unspecified atom stereocenters. The van der Waals surface area contributed by atoms with Gasteiger partial charge in [-0.3, -0.25) is 4.79 Å². The minimum absolute atomic E-state index is 0.0486. The van der Waals surface area contributed by atoms with Crippen LogP contribution in [0.4, 0.5) is 5.69 Å². The van der Waals surface area contributed by atoms with E-state index in [0.717, 1.165) is 31.2 Å². The third-order valence-electron chi connectivity index (χ3n) is 4.35. The molecule has 5 heteroatoms. The lowest BCUT2D eigenvalue weighted by molar-refractivity contribution is -0.117. The lowest BCUT2D eigenvalue weighted by Crippen LogP contribution is -2.35. The molecule has 1 amide bonds. The van der Waals surface area contributed by atoms with Gasteiger partial charge in [-0.1, -0.05) is 18.9 Å². The lowest BCUT2D eigenvalue weighted by Gasteiger charge is -2.28. The number of amides is 1. The average Bonchev–Trinajstić information content (AvgIpc) is 2.51. The van der Waals surface area contributed by atoms with E-state index in [1.807, 2.05) is 6.92 Å². The molecule has 0 bridgehead atoms. The number of hydrogen-bond acceptors (Lipinski definition) is 4. The smallest absolute Gasteiger partial charge is 0.337 e. The van der Waals surface area contributed by atoms with Crippen molar-refractivity contribution in [2.75, 3.05) is 12.4 Å². The summed E-state index contributed by atoms with van der Waals surface area (Å²) in [6, 6.07) is 5.25. The summed E-state index contributed by atoms with van der Waals surface area (Å²) in [6.45, 7) is 1.89. The first-order chi connectivity index (χ1) is 10.5. The highest BCUT2D eigenvalue weighted by Gasteiger charge is 2.24. The number of nitrogens with one attached hydrogen (secondary N) is 1. The minimum atomic E-state index is -0.412. The molecule has 1 aliphatic rings. The maximum Gasteiger partial charge on any atom is 0.337 e. The quantitative estimate of drug-likeness (QED) is 0.838. The van der Waals surface area contributed by atoms with Gasteiger partial charge in [0.1, 0.15) is 0 Å². The zero-order valence-electron chi connectivity index (χ0n) is 13.2. The molecule has 0 radical (unpaired) electrons. The fraction of sp³-hybridized carbons (Fsp3) is 0.529. The number of ether oxygens (including phenoxy) is 1. The molecule has 5 nitrogen and oxygen atoms in total. The molecule has 1 aliphatic carbocycles. The summed E-state index contributed by atoms with van der Waals surface area (Å²) >= 11 is 0. The molecule has 1 aromatic carbocycles. The first-order valence-electron chi connectivity index (χ1n) is 7.75. The zero-order valence-corrected chi connectivity index (χ0v) is 13.2. The Kier molecular flexibility index (Phi) is 5.55. The van der Waals surface area contributed by atoms with Crippen LogP contribution in [0, 0.1) is 12.8 Å². The Labute approximate surface area is 131 Å². The van der Waals surface area contributed by atoms with Crippen molar-refractivity contribution >= 4 is 17.6 Å². The highest BCUT2D eigenvalue weighted by atomic mass is 16.5. The molecule has 3 N–H and O–H groups in total. The maximum absolute atomic E-state index is 12.2. The van der Waals surface area contributed by atoms with Gasteiger partial charge in [-0.15, -0.1) is 0 Å². The number of aryl methyl sites for hydroxylation is 1. The second-order valence-corrected chi connectivity index (χ2v) is 5.98. The standard InChI is InChI=1S/C17H24N2O3/c1-11-7-8-13(17(21)22-2)9-15(11)19-16(20)10-12-5-3-4-6-14(12)18/h7-9,12,14H,3-6,10,18H2,1-2H3,(H,19,20). The van der Waals surface area contributed by atoms with Crippen LogP contribution in [0.5, 0.6) is 0 Å². The van der Waals surface area contributed by atoms with Gasteiger partial charge in [-0.05, 0) is 43.4 Å². The molecule has 0 spiro atoms. The van der Waals surface area contributed by atoms with Crippen molar-refractivity contribution in [1.82, 2.24) is 0 Å². The van der Waals surface area contributed by atoms with Crippen molar-refractivity contribution in [3.63, 3.8) is 0 Å². The van der Waals surface area contributed by atoms with Crippen LogP contribution in [-0.2, 0) is 9.53 Å². The van der Waals surface area contributed by atoms with Crippen LogP contribution in [-0.4, -0.2) is 25.0 Å². The largest absolute Gasteiger partial charge is 0.465 e. The summed E-state index contributed by atoms with van der Waals surface area (Å²) in [5.41, 5.74) is 8.08. The zero-order chi connectivity index (χ0) is 16.1. The number of esters is 1. The van der Waals surface area contributed by atoms with Crippen LogP contribution in [0.1, 0.15) is 48.0 Å². The minimum Gasteiger partial charge on any atom is -0.465 e. The second kappa shape index (κ2) is 7.40. The van der Waals surface area contributed by atoms with E-state index in [4.69, 9.17) is 10.5 Å². The Hall–Kier alpha value is -1.88. The Morgan fingerprint density at radius 3 is 2.73 bits per heavy atom. The highest BCUT2D eigenvalue weighted by molar-refractivity contribution is 5.95. The van der Waals surface area contributed by atoms with Crippen molar-refractivity contribution < 1.29 is 14.3 Å². The molecular formula is C17H24N2O3. The second-order valence-electron chi connectivity index (χ2n) is 5.98. The molecular weight excluding hydrogens is 280 g/mol. The van der Waals surface area contributed by atoms with Gasteiger partial charge in [0, 0.05) is 18.2 Å². The molecule has 0 aliphatic heterocycles. The molecule has 0 aromatic heterocycles. The number of methoxy groups -OCH3 is 1. The van der Waals surface area contributed by atoms with Crippen molar-refractivity contribution in [2.24, 2.45) is 11.7 Å². The Bertz CT molecular complexity index is 557. The predicted octanol–water partition coefficient (Wildman–Crippen LogP) is 2.63. The topological polar surface area (TPSA) is 81.4 Å². The number of carbonyl (C=O) groups excluding carboxylic acids is 2. The van der Waals surface area contributed by atoms with Gasteiger partial charge in [0.05, 0.1) is 12.7 Å². The SMILES string of the molecule is COC(=O)c1ccc(C)c(NC(=O)CC2CCCCC2N)c1. The van der Waals surface area contributed by atoms with Crippen LogP contribution in [0.25, 0.3) is 0 Å². The third-order valence-corrected chi connectivity index (χ3v) is 4.35. The van der Waals surface area contributed by atoms with Gasteiger partial charge in [0.2, 0.25) is 5.91 Å². The van der Waals surface area contributed by atoms with Crippen LogP contribution < -0.4 is 11.1 Å². The number of benzene rings is 1. The van der Waals surface area contributed by atoms with Crippen molar-refractivity contribution in [3.05, 3.63) is 29.3 Å². The van der Waals surface area contributed by atoms with Gasteiger partial charge in [-0.2, -0.15) is 0 Å². The first kappa shape index (κ1) is 16.5. The van der Waals surface area contributed by atoms with Gasteiger partial charge < -0.3 is 15.8 Å². The number of carbonyl (C=O) groups is 2. The molecule has 1 saturated carbocycles. The molecule has 22 heavy (non-hydrogen) atoms. The van der Waals surface area contributed by atoms with E-state index >= 15 is 0 Å². The summed E-state index contributed by atoms with van der Waals surface area (Å²) < 4.78 is 4.70. The summed E-state index contributed by atoms with van der Waals surface area (Å²) in [5.74, 6) is -0.213. The van der Waals surface area contributed by atoms with E-state index < -0.39 is 5.97 Å². The predicted molar refractivity (Wildman–Crippen MR) is 85.7 cm³/mol. The Morgan fingerprint density at radius 1 is 1.32 bits per heavy atom.